The van der Waals surface area contributed by atoms with Gasteiger partial charge in [0.15, 0.2) is 0 Å². The molecule has 2 N–H and O–H groups in total. The average molecular weight is 243 g/mol. The van der Waals surface area contributed by atoms with E-state index in [1.165, 1.54) is 0 Å². The van der Waals surface area contributed by atoms with Gasteiger partial charge in [-0.1, -0.05) is 6.07 Å². The number of aromatic nitrogens is 1. The molecule has 1 heterocycles. The lowest BCUT2D eigenvalue weighted by atomic mass is 10.2. The summed E-state index contributed by atoms with van der Waals surface area (Å²) in [5, 5.41) is 2.88. The average Bonchev–Trinajstić information content (AvgIpc) is 2.89. The maximum Gasteiger partial charge on any atom is 0.251 e. The Morgan fingerprint density at radius 3 is 2.78 bits per heavy atom. The summed E-state index contributed by atoms with van der Waals surface area (Å²) < 4.78 is 0. The molecular formula is C14H17N3O. The highest BCUT2D eigenvalue weighted by molar-refractivity contribution is 5.95. The fourth-order valence-electron chi connectivity index (χ4n) is 1.68. The molecule has 4 nitrogen and oxygen atoms in total. The van der Waals surface area contributed by atoms with E-state index >= 15 is 0 Å². The van der Waals surface area contributed by atoms with Gasteiger partial charge in [0.25, 0.3) is 5.91 Å². The SMILES string of the molecule is CN(C)c1cccc(C(=O)NCc2ccc[nH]2)c1. The van der Waals surface area contributed by atoms with Gasteiger partial charge in [0, 0.05) is 37.2 Å². The predicted molar refractivity (Wildman–Crippen MR) is 72.7 cm³/mol. The topological polar surface area (TPSA) is 48.1 Å². The summed E-state index contributed by atoms with van der Waals surface area (Å²) in [5.74, 6) is -0.0618. The van der Waals surface area contributed by atoms with Gasteiger partial charge >= 0.3 is 0 Å². The number of nitrogens with one attached hydrogen (secondary N) is 2. The third kappa shape index (κ3) is 2.91. The van der Waals surface area contributed by atoms with Crippen molar-refractivity contribution >= 4 is 11.6 Å². The Morgan fingerprint density at radius 2 is 2.11 bits per heavy atom. The summed E-state index contributed by atoms with van der Waals surface area (Å²) in [7, 11) is 3.91. The second kappa shape index (κ2) is 5.40. The summed E-state index contributed by atoms with van der Waals surface area (Å²) >= 11 is 0. The second-order valence-corrected chi connectivity index (χ2v) is 4.32. The Morgan fingerprint density at radius 1 is 1.28 bits per heavy atom. The van der Waals surface area contributed by atoms with Crippen molar-refractivity contribution in [3.8, 4) is 0 Å². The van der Waals surface area contributed by atoms with Gasteiger partial charge in [0.2, 0.25) is 0 Å². The van der Waals surface area contributed by atoms with E-state index < -0.39 is 0 Å². The van der Waals surface area contributed by atoms with Crippen molar-refractivity contribution < 1.29 is 4.79 Å². The highest BCUT2D eigenvalue weighted by atomic mass is 16.1. The first-order chi connectivity index (χ1) is 8.66. The molecule has 0 fully saturated rings. The number of H-pyrrole nitrogens is 1. The molecule has 2 aromatic rings. The third-order valence-corrected chi connectivity index (χ3v) is 2.73. The summed E-state index contributed by atoms with van der Waals surface area (Å²) in [6.45, 7) is 0.512. The zero-order chi connectivity index (χ0) is 13.0. The van der Waals surface area contributed by atoms with Crippen LogP contribution in [0.5, 0.6) is 0 Å². The molecule has 0 radical (unpaired) electrons. The van der Waals surface area contributed by atoms with Crippen LogP contribution < -0.4 is 10.2 Å². The molecular weight excluding hydrogens is 226 g/mol. The van der Waals surface area contributed by atoms with Crippen molar-refractivity contribution in [3.05, 3.63) is 53.9 Å². The molecule has 0 spiro atoms. The number of nitrogens with zero attached hydrogens (tertiary/aromatic N) is 1. The Balaban J connectivity index is 2.02. The number of benzene rings is 1. The second-order valence-electron chi connectivity index (χ2n) is 4.32. The lowest BCUT2D eigenvalue weighted by Gasteiger charge is -2.13. The van der Waals surface area contributed by atoms with Crippen LogP contribution in [0.1, 0.15) is 16.1 Å². The van der Waals surface area contributed by atoms with E-state index in [1.54, 1.807) is 0 Å². The van der Waals surface area contributed by atoms with Gasteiger partial charge in [-0.3, -0.25) is 4.79 Å². The van der Waals surface area contributed by atoms with Crippen molar-refractivity contribution in [1.82, 2.24) is 10.3 Å². The Labute approximate surface area is 107 Å². The number of hydrogen-bond acceptors (Lipinski definition) is 2. The van der Waals surface area contributed by atoms with E-state index in [-0.39, 0.29) is 5.91 Å². The van der Waals surface area contributed by atoms with E-state index in [0.717, 1.165) is 11.4 Å². The molecule has 1 amide bonds. The van der Waals surface area contributed by atoms with Crippen LogP contribution in [-0.2, 0) is 6.54 Å². The van der Waals surface area contributed by atoms with Gasteiger partial charge in [-0.05, 0) is 30.3 Å². The fourth-order valence-corrected chi connectivity index (χ4v) is 1.68. The van der Waals surface area contributed by atoms with Crippen molar-refractivity contribution in [2.24, 2.45) is 0 Å². The largest absolute Gasteiger partial charge is 0.378 e. The molecule has 0 saturated heterocycles. The molecule has 4 heteroatoms. The number of carbonyl (C=O) groups is 1. The molecule has 94 valence electrons. The maximum atomic E-state index is 12.0. The predicted octanol–water partition coefficient (Wildman–Crippen LogP) is 2.01. The number of anilines is 1. The summed E-state index contributed by atoms with van der Waals surface area (Å²) in [6, 6.07) is 11.4. The van der Waals surface area contributed by atoms with Gasteiger partial charge in [-0.25, -0.2) is 0 Å². The Hall–Kier alpha value is -2.23. The molecule has 0 aliphatic carbocycles. The van der Waals surface area contributed by atoms with Gasteiger partial charge < -0.3 is 15.2 Å². The van der Waals surface area contributed by atoms with E-state index in [0.29, 0.717) is 12.1 Å². The number of hydrogen-bond donors (Lipinski definition) is 2. The molecule has 0 bridgehead atoms. The van der Waals surface area contributed by atoms with Gasteiger partial charge in [-0.15, -0.1) is 0 Å². The zero-order valence-electron chi connectivity index (χ0n) is 10.6. The highest BCUT2D eigenvalue weighted by Crippen LogP contribution is 2.13. The molecule has 0 saturated carbocycles. The minimum absolute atomic E-state index is 0.0618. The molecule has 1 aromatic carbocycles. The van der Waals surface area contributed by atoms with Crippen molar-refractivity contribution in [2.45, 2.75) is 6.54 Å². The highest BCUT2D eigenvalue weighted by Gasteiger charge is 2.06. The van der Waals surface area contributed by atoms with Crippen molar-refractivity contribution in [1.29, 1.82) is 0 Å². The number of amides is 1. The minimum atomic E-state index is -0.0618. The summed E-state index contributed by atoms with van der Waals surface area (Å²) in [4.78, 5) is 17.0. The first-order valence-electron chi connectivity index (χ1n) is 5.84. The van der Waals surface area contributed by atoms with E-state index in [2.05, 4.69) is 10.3 Å². The maximum absolute atomic E-state index is 12.0. The van der Waals surface area contributed by atoms with Crippen LogP contribution in [0.25, 0.3) is 0 Å². The number of carbonyl (C=O) groups excluding carboxylic acids is 1. The van der Waals surface area contributed by atoms with Gasteiger partial charge in [0.1, 0.15) is 0 Å². The Kier molecular flexibility index (Phi) is 3.67. The lowest BCUT2D eigenvalue weighted by molar-refractivity contribution is 0.0950. The van der Waals surface area contributed by atoms with Crippen molar-refractivity contribution in [3.63, 3.8) is 0 Å². The quantitative estimate of drug-likeness (QED) is 0.863. The van der Waals surface area contributed by atoms with E-state index in [4.69, 9.17) is 0 Å². The monoisotopic (exact) mass is 243 g/mol. The Bertz CT molecular complexity index is 518. The standard InChI is InChI=1S/C14H17N3O/c1-17(2)13-7-3-5-11(9-13)14(18)16-10-12-6-4-8-15-12/h3-9,15H,10H2,1-2H3,(H,16,18). The molecule has 2 rings (SSSR count). The summed E-state index contributed by atoms with van der Waals surface area (Å²) in [5.41, 5.74) is 2.68. The molecule has 0 atom stereocenters. The van der Waals surface area contributed by atoms with Crippen LogP contribution >= 0.6 is 0 Å². The first-order valence-corrected chi connectivity index (χ1v) is 5.84. The van der Waals surface area contributed by atoms with Crippen LogP contribution in [0.4, 0.5) is 5.69 Å². The van der Waals surface area contributed by atoms with Crippen LogP contribution in [0.2, 0.25) is 0 Å². The number of rotatable bonds is 4. The smallest absolute Gasteiger partial charge is 0.251 e. The van der Waals surface area contributed by atoms with Crippen LogP contribution in [0, 0.1) is 0 Å². The van der Waals surface area contributed by atoms with E-state index in [9.17, 15) is 4.79 Å². The fraction of sp³-hybridized carbons (Fsp3) is 0.214. The normalized spacial score (nSPS) is 10.1. The lowest BCUT2D eigenvalue weighted by Crippen LogP contribution is -2.23. The third-order valence-electron chi connectivity index (χ3n) is 2.73. The zero-order valence-corrected chi connectivity index (χ0v) is 10.6. The van der Waals surface area contributed by atoms with Crippen LogP contribution in [0.3, 0.4) is 0 Å². The summed E-state index contributed by atoms with van der Waals surface area (Å²) in [6.07, 6.45) is 1.84. The van der Waals surface area contributed by atoms with Gasteiger partial charge in [-0.2, -0.15) is 0 Å². The first kappa shape index (κ1) is 12.2. The van der Waals surface area contributed by atoms with Crippen LogP contribution in [-0.4, -0.2) is 25.0 Å². The minimum Gasteiger partial charge on any atom is -0.378 e. The number of aromatic amines is 1. The van der Waals surface area contributed by atoms with Crippen LogP contribution in [0.15, 0.2) is 42.6 Å². The molecule has 0 unspecified atom stereocenters. The van der Waals surface area contributed by atoms with Gasteiger partial charge in [0.05, 0.1) is 6.54 Å². The molecule has 1 aromatic heterocycles. The van der Waals surface area contributed by atoms with Crippen molar-refractivity contribution in [2.75, 3.05) is 19.0 Å². The molecule has 18 heavy (non-hydrogen) atoms. The van der Waals surface area contributed by atoms with E-state index in [1.807, 2.05) is 61.6 Å². The molecule has 0 aliphatic rings. The molecule has 0 aliphatic heterocycles.